The molecule has 0 spiro atoms. The van der Waals surface area contributed by atoms with Crippen LogP contribution in [0.1, 0.15) is 47.0 Å². The van der Waals surface area contributed by atoms with Gasteiger partial charge >= 0.3 is 0 Å². The van der Waals surface area contributed by atoms with E-state index in [4.69, 9.17) is 0 Å². The van der Waals surface area contributed by atoms with Crippen LogP contribution in [0.3, 0.4) is 0 Å². The molecule has 1 aliphatic heterocycles. The third-order valence-electron chi connectivity index (χ3n) is 5.46. The van der Waals surface area contributed by atoms with Gasteiger partial charge in [0.1, 0.15) is 16.1 Å². The first kappa shape index (κ1) is 25.7. The normalized spacial score (nSPS) is 19.1. The molecule has 2 unspecified atom stereocenters. The summed E-state index contributed by atoms with van der Waals surface area (Å²) in [6.07, 6.45) is 2.77. The largest absolute Gasteiger partial charge is 0.349 e. The predicted octanol–water partition coefficient (Wildman–Crippen LogP) is 2.85. The van der Waals surface area contributed by atoms with Gasteiger partial charge in [-0.3, -0.25) is 9.59 Å². The van der Waals surface area contributed by atoms with Crippen LogP contribution in [0.2, 0.25) is 0 Å². The van der Waals surface area contributed by atoms with Crippen molar-refractivity contribution in [3.63, 3.8) is 0 Å². The van der Waals surface area contributed by atoms with Gasteiger partial charge in [-0.1, -0.05) is 18.2 Å². The van der Waals surface area contributed by atoms with Gasteiger partial charge in [0.25, 0.3) is 0 Å². The van der Waals surface area contributed by atoms with E-state index in [9.17, 15) is 22.9 Å². The van der Waals surface area contributed by atoms with Gasteiger partial charge in [0.05, 0.1) is 0 Å². The Morgan fingerprint density at radius 2 is 1.91 bits per heavy atom. The van der Waals surface area contributed by atoms with E-state index in [2.05, 4.69) is 22.4 Å². The topological polar surface area (TPSA) is 125 Å². The molecule has 1 aromatic carbocycles. The lowest BCUT2D eigenvalue weighted by Crippen LogP contribution is -2.65. The average molecular weight is 465 g/mol. The summed E-state index contributed by atoms with van der Waals surface area (Å²) in [5.74, 6) is -1.21. The third kappa shape index (κ3) is 5.60. The molecule has 0 aromatic heterocycles. The van der Waals surface area contributed by atoms with E-state index >= 15 is 0 Å². The summed E-state index contributed by atoms with van der Waals surface area (Å²) in [5.41, 5.74) is -2.02. The summed E-state index contributed by atoms with van der Waals surface area (Å²) in [6, 6.07) is 5.74. The van der Waals surface area contributed by atoms with Gasteiger partial charge in [-0.05, 0) is 57.3 Å². The number of benzene rings is 1. The zero-order chi connectivity index (χ0) is 24.2. The number of hydrogen-bond acceptors (Lipinski definition) is 6. The summed E-state index contributed by atoms with van der Waals surface area (Å²) < 4.78 is 27.7. The van der Waals surface area contributed by atoms with Crippen LogP contribution in [0.5, 0.6) is 0 Å². The summed E-state index contributed by atoms with van der Waals surface area (Å²) in [5, 5.41) is 8.62. The van der Waals surface area contributed by atoms with Crippen molar-refractivity contribution in [1.82, 2.24) is 14.9 Å². The summed E-state index contributed by atoms with van der Waals surface area (Å²) in [4.78, 5) is 36.5. The Morgan fingerprint density at radius 3 is 2.47 bits per heavy atom. The Morgan fingerprint density at radius 1 is 1.25 bits per heavy atom. The molecule has 2 amide bonds. The highest BCUT2D eigenvalue weighted by Gasteiger charge is 2.50. The minimum Gasteiger partial charge on any atom is -0.349 e. The van der Waals surface area contributed by atoms with E-state index in [1.54, 1.807) is 6.08 Å². The van der Waals surface area contributed by atoms with Crippen molar-refractivity contribution < 1.29 is 18.0 Å². The van der Waals surface area contributed by atoms with Gasteiger partial charge < -0.3 is 10.6 Å². The second-order valence-electron chi connectivity index (χ2n) is 9.09. The van der Waals surface area contributed by atoms with Crippen LogP contribution >= 0.6 is 0 Å². The molecule has 9 nitrogen and oxygen atoms in total. The lowest BCUT2D eigenvalue weighted by atomic mass is 9.77. The van der Waals surface area contributed by atoms with Gasteiger partial charge in [0.2, 0.25) is 21.8 Å². The summed E-state index contributed by atoms with van der Waals surface area (Å²) >= 11 is 0. The van der Waals surface area contributed by atoms with Gasteiger partial charge in [-0.2, -0.15) is 4.31 Å². The van der Waals surface area contributed by atoms with Gasteiger partial charge in [0, 0.05) is 31.5 Å². The fourth-order valence-electron chi connectivity index (χ4n) is 4.06. The number of sulfonamides is 1. The van der Waals surface area contributed by atoms with Crippen molar-refractivity contribution in [1.29, 1.82) is 0 Å². The van der Waals surface area contributed by atoms with Gasteiger partial charge in [-0.15, -0.1) is 11.5 Å². The number of nitrogens with zero attached hydrogens (tertiary/aromatic N) is 2. The van der Waals surface area contributed by atoms with Crippen LogP contribution in [-0.2, 0) is 19.6 Å². The Hall–Kier alpha value is -2.59. The standard InChI is InChI=1S/C22H32N4O5S/c1-6-7-13-22(23-16(2)27,20(28)24-21(3,4)5)17-12-14-26(15-17)32(30,31)19-11-9-8-10-18(19)25-29/h6,8-11,17H,1,7,12-15H2,2-5H3,(H,23,27)(H,24,28). The molecule has 10 heteroatoms. The van der Waals surface area contributed by atoms with Crippen molar-refractivity contribution in [3.8, 4) is 0 Å². The second kappa shape index (κ2) is 9.91. The average Bonchev–Trinajstić information content (AvgIpc) is 3.21. The molecule has 1 heterocycles. The van der Waals surface area contributed by atoms with E-state index in [1.807, 2.05) is 20.8 Å². The number of carbonyl (C=O) groups is 2. The fourth-order valence-corrected chi connectivity index (χ4v) is 5.68. The van der Waals surface area contributed by atoms with Crippen molar-refractivity contribution in [2.75, 3.05) is 13.1 Å². The van der Waals surface area contributed by atoms with E-state index in [-0.39, 0.29) is 41.9 Å². The molecule has 1 aromatic rings. The zero-order valence-electron chi connectivity index (χ0n) is 19.1. The maximum atomic E-state index is 13.5. The van der Waals surface area contributed by atoms with Crippen LogP contribution in [0.15, 0.2) is 47.0 Å². The Balaban J connectivity index is 2.45. The van der Waals surface area contributed by atoms with Crippen molar-refractivity contribution in [3.05, 3.63) is 41.8 Å². The molecular formula is C22H32N4O5S. The number of carbonyl (C=O) groups excluding carboxylic acids is 2. The maximum absolute atomic E-state index is 13.5. The second-order valence-corrected chi connectivity index (χ2v) is 11.0. The summed E-state index contributed by atoms with van der Waals surface area (Å²) in [6.45, 7) is 10.7. The molecule has 176 valence electrons. The number of nitroso groups, excluding NO2 is 1. The Kier molecular flexibility index (Phi) is 7.95. The lowest BCUT2D eigenvalue weighted by Gasteiger charge is -2.40. The van der Waals surface area contributed by atoms with Crippen LogP contribution < -0.4 is 10.6 Å². The van der Waals surface area contributed by atoms with E-state index in [0.717, 1.165) is 0 Å². The van der Waals surface area contributed by atoms with Crippen molar-refractivity contribution >= 4 is 27.5 Å². The van der Waals surface area contributed by atoms with Crippen LogP contribution in [0.25, 0.3) is 0 Å². The summed E-state index contributed by atoms with van der Waals surface area (Å²) in [7, 11) is -4.01. The lowest BCUT2D eigenvalue weighted by molar-refractivity contribution is -0.136. The highest BCUT2D eigenvalue weighted by atomic mass is 32.2. The quantitative estimate of drug-likeness (QED) is 0.429. The van der Waals surface area contributed by atoms with E-state index < -0.39 is 27.0 Å². The van der Waals surface area contributed by atoms with E-state index in [0.29, 0.717) is 12.8 Å². The number of hydrogen-bond donors (Lipinski definition) is 2. The number of nitrogens with one attached hydrogen (secondary N) is 2. The zero-order valence-corrected chi connectivity index (χ0v) is 19.9. The fraction of sp³-hybridized carbons (Fsp3) is 0.545. The molecule has 2 atom stereocenters. The number of amides is 2. The molecule has 32 heavy (non-hydrogen) atoms. The van der Waals surface area contributed by atoms with Gasteiger partial charge in [-0.25, -0.2) is 8.42 Å². The minimum atomic E-state index is -4.01. The molecule has 1 fully saturated rings. The predicted molar refractivity (Wildman–Crippen MR) is 123 cm³/mol. The molecule has 0 aliphatic carbocycles. The Bertz CT molecular complexity index is 986. The Labute approximate surface area is 189 Å². The van der Waals surface area contributed by atoms with Crippen molar-refractivity contribution in [2.24, 2.45) is 11.1 Å². The van der Waals surface area contributed by atoms with Crippen molar-refractivity contribution in [2.45, 2.75) is 62.9 Å². The first-order chi connectivity index (χ1) is 14.9. The maximum Gasteiger partial charge on any atom is 0.246 e. The van der Waals surface area contributed by atoms with Crippen LogP contribution in [0.4, 0.5) is 5.69 Å². The number of rotatable bonds is 9. The molecule has 0 bridgehead atoms. The number of allylic oxidation sites excluding steroid dienone is 1. The molecule has 1 aliphatic rings. The molecule has 0 radical (unpaired) electrons. The molecular weight excluding hydrogens is 432 g/mol. The minimum absolute atomic E-state index is 0.0184. The first-order valence-electron chi connectivity index (χ1n) is 10.5. The highest BCUT2D eigenvalue weighted by molar-refractivity contribution is 7.89. The van der Waals surface area contributed by atoms with Crippen LogP contribution in [0, 0.1) is 10.8 Å². The van der Waals surface area contributed by atoms with E-state index in [1.165, 1.54) is 35.5 Å². The first-order valence-corrected chi connectivity index (χ1v) is 12.0. The molecule has 0 saturated carbocycles. The SMILES string of the molecule is C=CCCC(NC(C)=O)(C(=O)NC(C)(C)C)C1CCN(S(=O)(=O)c2ccccc2N=O)C1. The molecule has 2 rings (SSSR count). The highest BCUT2D eigenvalue weighted by Crippen LogP contribution is 2.36. The monoisotopic (exact) mass is 464 g/mol. The molecule has 2 N–H and O–H groups in total. The third-order valence-corrected chi connectivity index (χ3v) is 7.38. The molecule has 1 saturated heterocycles. The smallest absolute Gasteiger partial charge is 0.246 e. The van der Waals surface area contributed by atoms with Gasteiger partial charge in [0.15, 0.2) is 0 Å². The van der Waals surface area contributed by atoms with Crippen LogP contribution in [-0.4, -0.2) is 48.7 Å².